The number of benzene rings is 2. The number of fused-ring (bicyclic) bond motifs is 1. The van der Waals surface area contributed by atoms with Gasteiger partial charge in [-0.15, -0.1) is 11.3 Å². The topological polar surface area (TPSA) is 12.9 Å². The molecule has 0 saturated heterocycles. The van der Waals surface area contributed by atoms with Gasteiger partial charge in [-0.1, -0.05) is 36.8 Å². The number of aromatic nitrogens is 1. The van der Waals surface area contributed by atoms with Crippen LogP contribution in [0.1, 0.15) is 59.7 Å². The molecule has 28 heavy (non-hydrogen) atoms. The van der Waals surface area contributed by atoms with Crippen molar-refractivity contribution >= 4 is 39.5 Å². The molecule has 1 aliphatic carbocycles. The van der Waals surface area contributed by atoms with E-state index in [9.17, 15) is 0 Å². The number of allylic oxidation sites excluding steroid dienone is 1. The Morgan fingerprint density at radius 3 is 2.68 bits per heavy atom. The van der Waals surface area contributed by atoms with Gasteiger partial charge in [0.25, 0.3) is 0 Å². The molecule has 0 bridgehead atoms. The molecule has 0 N–H and O–H groups in total. The van der Waals surface area contributed by atoms with Crippen molar-refractivity contribution in [2.75, 3.05) is 0 Å². The highest BCUT2D eigenvalue weighted by atomic mass is 127. The fourth-order valence-electron chi connectivity index (χ4n) is 4.04. The maximum Gasteiger partial charge on any atom is 0.123 e. The monoisotopic (exact) mass is 499 g/mol. The first kappa shape index (κ1) is 19.8. The molecule has 0 fully saturated rings. The van der Waals surface area contributed by atoms with Gasteiger partial charge in [-0.25, -0.2) is 4.98 Å². The molecule has 0 atom stereocenters. The van der Waals surface area contributed by atoms with Gasteiger partial charge in [0, 0.05) is 20.9 Å². The molecule has 3 aromatic rings. The van der Waals surface area contributed by atoms with Crippen molar-refractivity contribution in [2.45, 2.75) is 52.4 Å². The van der Waals surface area contributed by atoms with Crippen LogP contribution >= 0.6 is 33.9 Å². The van der Waals surface area contributed by atoms with Crippen LogP contribution in [0.25, 0.3) is 16.1 Å². The fourth-order valence-corrected chi connectivity index (χ4v) is 5.33. The number of rotatable bonds is 4. The maximum atomic E-state index is 4.99. The Bertz CT molecular complexity index is 1030. The Balaban J connectivity index is 1.62. The summed E-state index contributed by atoms with van der Waals surface area (Å²) < 4.78 is 1.29. The summed E-state index contributed by atoms with van der Waals surface area (Å²) in [4.78, 5) is 4.99. The number of hydrogen-bond donors (Lipinski definition) is 0. The average Bonchev–Trinajstić information content (AvgIpc) is 3.00. The molecule has 0 unspecified atom stereocenters. The lowest BCUT2D eigenvalue weighted by Gasteiger charge is -2.11. The lowest BCUT2D eigenvalue weighted by Crippen LogP contribution is -1.97. The first-order valence-electron chi connectivity index (χ1n) is 10.0. The number of thiazole rings is 1. The largest absolute Gasteiger partial charge is 0.241 e. The van der Waals surface area contributed by atoms with Gasteiger partial charge in [0.15, 0.2) is 0 Å². The minimum absolute atomic E-state index is 0.862. The van der Waals surface area contributed by atoms with Crippen molar-refractivity contribution in [2.24, 2.45) is 0 Å². The van der Waals surface area contributed by atoms with Crippen LogP contribution < -0.4 is 0 Å². The van der Waals surface area contributed by atoms with Crippen LogP contribution in [0, 0.1) is 10.5 Å². The molecule has 0 spiro atoms. The van der Waals surface area contributed by atoms with Crippen LogP contribution in [0.15, 0.2) is 42.3 Å². The molecular weight excluding hydrogens is 473 g/mol. The van der Waals surface area contributed by atoms with E-state index in [1.165, 1.54) is 63.5 Å². The van der Waals surface area contributed by atoms with E-state index in [1.54, 1.807) is 16.9 Å². The Hall–Kier alpha value is -1.46. The van der Waals surface area contributed by atoms with Crippen LogP contribution in [0.3, 0.4) is 0 Å². The van der Waals surface area contributed by atoms with Crippen LogP contribution in [0.4, 0.5) is 0 Å². The molecule has 2 aromatic carbocycles. The van der Waals surface area contributed by atoms with Gasteiger partial charge in [0.05, 0.1) is 5.69 Å². The zero-order valence-corrected chi connectivity index (χ0v) is 19.6. The molecule has 1 aromatic heterocycles. The van der Waals surface area contributed by atoms with E-state index in [1.807, 2.05) is 0 Å². The lowest BCUT2D eigenvalue weighted by molar-refractivity contribution is 0.711. The van der Waals surface area contributed by atoms with Crippen LogP contribution in [-0.4, -0.2) is 4.98 Å². The van der Waals surface area contributed by atoms with Crippen molar-refractivity contribution in [3.05, 3.63) is 79.4 Å². The first-order valence-corrected chi connectivity index (χ1v) is 12.0. The zero-order valence-electron chi connectivity index (χ0n) is 16.6. The van der Waals surface area contributed by atoms with E-state index in [0.29, 0.717) is 0 Å². The third-order valence-electron chi connectivity index (χ3n) is 5.61. The van der Waals surface area contributed by atoms with Gasteiger partial charge in [-0.3, -0.25) is 0 Å². The lowest BCUT2D eigenvalue weighted by atomic mass is 9.96. The smallest absolute Gasteiger partial charge is 0.123 e. The van der Waals surface area contributed by atoms with E-state index < -0.39 is 0 Å². The van der Waals surface area contributed by atoms with E-state index in [2.05, 4.69) is 78.7 Å². The highest BCUT2D eigenvalue weighted by Gasteiger charge is 2.13. The second-order valence-corrected chi connectivity index (χ2v) is 9.92. The fraction of sp³-hybridized carbons (Fsp3) is 0.320. The Morgan fingerprint density at radius 1 is 1.11 bits per heavy atom. The van der Waals surface area contributed by atoms with Crippen molar-refractivity contribution in [3.63, 3.8) is 0 Å². The van der Waals surface area contributed by atoms with Gasteiger partial charge in [-0.2, -0.15) is 0 Å². The van der Waals surface area contributed by atoms with Crippen LogP contribution in [0.5, 0.6) is 0 Å². The summed E-state index contributed by atoms with van der Waals surface area (Å²) in [5, 5.41) is 3.36. The summed E-state index contributed by atoms with van der Waals surface area (Å²) in [6.45, 7) is 8.44. The Morgan fingerprint density at radius 2 is 1.89 bits per heavy atom. The Labute approximate surface area is 186 Å². The quantitative estimate of drug-likeness (QED) is 0.266. The van der Waals surface area contributed by atoms with E-state index in [0.717, 1.165) is 22.7 Å². The zero-order chi connectivity index (χ0) is 19.7. The van der Waals surface area contributed by atoms with Crippen LogP contribution in [0.2, 0.25) is 0 Å². The molecule has 0 amide bonds. The molecule has 0 radical (unpaired) electrons. The molecule has 4 rings (SSSR count). The summed E-state index contributed by atoms with van der Waals surface area (Å²) in [5.41, 5.74) is 10.5. The van der Waals surface area contributed by atoms with Crippen molar-refractivity contribution in [1.29, 1.82) is 0 Å². The molecule has 0 saturated carbocycles. The summed E-state index contributed by atoms with van der Waals surface area (Å²) >= 11 is 4.17. The molecule has 1 heterocycles. The van der Waals surface area contributed by atoms with Gasteiger partial charge in [-0.05, 0) is 102 Å². The van der Waals surface area contributed by atoms with Gasteiger partial charge in [0.2, 0.25) is 0 Å². The SMILES string of the molecule is C=C(C)c1cc(I)c(C)cc1Cc1csc(-c2ccc3c(c2)CCCCC3)n1. The molecular formula is C25H26INS. The highest BCUT2D eigenvalue weighted by molar-refractivity contribution is 14.1. The summed E-state index contributed by atoms with van der Waals surface area (Å²) in [5.74, 6) is 0. The average molecular weight is 499 g/mol. The molecule has 0 aliphatic heterocycles. The summed E-state index contributed by atoms with van der Waals surface area (Å²) in [7, 11) is 0. The summed E-state index contributed by atoms with van der Waals surface area (Å²) in [6, 6.07) is 11.5. The molecule has 1 aliphatic rings. The number of nitrogens with zero attached hydrogens (tertiary/aromatic N) is 1. The molecule has 3 heteroatoms. The number of halogens is 1. The second-order valence-electron chi connectivity index (χ2n) is 7.90. The van der Waals surface area contributed by atoms with E-state index in [4.69, 9.17) is 4.98 Å². The van der Waals surface area contributed by atoms with E-state index in [-0.39, 0.29) is 0 Å². The Kier molecular flexibility index (Phi) is 6.02. The van der Waals surface area contributed by atoms with Gasteiger partial charge >= 0.3 is 0 Å². The summed E-state index contributed by atoms with van der Waals surface area (Å²) in [6.07, 6.45) is 7.30. The second kappa shape index (κ2) is 8.50. The minimum Gasteiger partial charge on any atom is -0.241 e. The standard InChI is InChI=1S/C25H26INS/c1-16(2)23-14-24(26)17(3)11-21(23)13-22-15-28-25(27-22)20-10-9-18-7-5-4-6-8-19(18)12-20/h9-12,14-15H,1,4-8,13H2,2-3H3. The van der Waals surface area contributed by atoms with Crippen LogP contribution in [-0.2, 0) is 19.3 Å². The molecule has 1 nitrogen and oxygen atoms in total. The van der Waals surface area contributed by atoms with Crippen molar-refractivity contribution in [3.8, 4) is 10.6 Å². The first-order chi connectivity index (χ1) is 13.5. The third kappa shape index (κ3) is 4.25. The minimum atomic E-state index is 0.862. The number of aryl methyl sites for hydroxylation is 3. The van der Waals surface area contributed by atoms with Crippen molar-refractivity contribution < 1.29 is 0 Å². The highest BCUT2D eigenvalue weighted by Crippen LogP contribution is 2.31. The van der Waals surface area contributed by atoms with Gasteiger partial charge in [0.1, 0.15) is 5.01 Å². The predicted octanol–water partition coefficient (Wildman–Crippen LogP) is 7.62. The maximum absolute atomic E-state index is 4.99. The normalized spacial score (nSPS) is 13.8. The van der Waals surface area contributed by atoms with Crippen molar-refractivity contribution in [1.82, 2.24) is 4.98 Å². The third-order valence-corrected chi connectivity index (χ3v) is 7.72. The van der Waals surface area contributed by atoms with E-state index >= 15 is 0 Å². The predicted molar refractivity (Wildman–Crippen MR) is 130 cm³/mol. The molecule has 144 valence electrons. The van der Waals surface area contributed by atoms with Gasteiger partial charge < -0.3 is 0 Å². The number of hydrogen-bond acceptors (Lipinski definition) is 2.